The lowest BCUT2D eigenvalue weighted by molar-refractivity contribution is 0.562. The molecule has 56 valence electrons. The molecule has 0 unspecified atom stereocenters. The van der Waals surface area contributed by atoms with Crippen LogP contribution >= 0.6 is 11.8 Å². The Labute approximate surface area is 66.4 Å². The molecular formula is C8H13NS. The molecule has 0 aliphatic carbocycles. The zero-order valence-electron chi connectivity index (χ0n) is 6.66. The fourth-order valence-electron chi connectivity index (χ4n) is 0.978. The SMILES string of the molecule is CSc1cccn1C(C)C. The molecular weight excluding hydrogens is 142 g/mol. The Morgan fingerprint density at radius 1 is 1.50 bits per heavy atom. The van der Waals surface area contributed by atoms with Crippen molar-refractivity contribution in [3.05, 3.63) is 18.3 Å². The van der Waals surface area contributed by atoms with Crippen LogP contribution in [0.3, 0.4) is 0 Å². The van der Waals surface area contributed by atoms with E-state index < -0.39 is 0 Å². The second-order valence-corrected chi connectivity index (χ2v) is 3.38. The number of hydrogen-bond acceptors (Lipinski definition) is 1. The summed E-state index contributed by atoms with van der Waals surface area (Å²) >= 11 is 1.79. The van der Waals surface area contributed by atoms with Gasteiger partial charge in [0.25, 0.3) is 0 Å². The van der Waals surface area contributed by atoms with Crippen LogP contribution in [0.2, 0.25) is 0 Å². The maximum Gasteiger partial charge on any atom is 0.0747 e. The number of aromatic nitrogens is 1. The third kappa shape index (κ3) is 1.37. The lowest BCUT2D eigenvalue weighted by atomic mass is 10.4. The minimum Gasteiger partial charge on any atom is -0.340 e. The average Bonchev–Trinajstić information content (AvgIpc) is 2.33. The molecule has 1 rings (SSSR count). The van der Waals surface area contributed by atoms with Crippen molar-refractivity contribution >= 4 is 11.8 Å². The van der Waals surface area contributed by atoms with E-state index in [9.17, 15) is 0 Å². The molecule has 0 radical (unpaired) electrons. The van der Waals surface area contributed by atoms with Crippen molar-refractivity contribution in [1.82, 2.24) is 4.57 Å². The van der Waals surface area contributed by atoms with E-state index in [4.69, 9.17) is 0 Å². The first-order valence-electron chi connectivity index (χ1n) is 3.46. The van der Waals surface area contributed by atoms with E-state index in [2.05, 4.69) is 43.0 Å². The summed E-state index contributed by atoms with van der Waals surface area (Å²) in [6.45, 7) is 4.39. The Kier molecular flexibility index (Phi) is 2.44. The van der Waals surface area contributed by atoms with Gasteiger partial charge in [0.1, 0.15) is 0 Å². The molecule has 1 aromatic heterocycles. The van der Waals surface area contributed by atoms with Gasteiger partial charge in [-0.05, 0) is 32.2 Å². The third-order valence-corrected chi connectivity index (χ3v) is 2.27. The van der Waals surface area contributed by atoms with Gasteiger partial charge in [0.2, 0.25) is 0 Å². The van der Waals surface area contributed by atoms with E-state index in [1.165, 1.54) is 5.03 Å². The number of rotatable bonds is 2. The molecule has 1 nitrogen and oxygen atoms in total. The zero-order valence-corrected chi connectivity index (χ0v) is 7.48. The van der Waals surface area contributed by atoms with Crippen molar-refractivity contribution < 1.29 is 0 Å². The van der Waals surface area contributed by atoms with E-state index >= 15 is 0 Å². The van der Waals surface area contributed by atoms with Gasteiger partial charge in [0.15, 0.2) is 0 Å². The van der Waals surface area contributed by atoms with Gasteiger partial charge >= 0.3 is 0 Å². The van der Waals surface area contributed by atoms with Crippen LogP contribution in [0.25, 0.3) is 0 Å². The molecule has 0 saturated carbocycles. The highest BCUT2D eigenvalue weighted by atomic mass is 32.2. The summed E-state index contributed by atoms with van der Waals surface area (Å²) in [4.78, 5) is 0. The highest BCUT2D eigenvalue weighted by Crippen LogP contribution is 2.19. The summed E-state index contributed by atoms with van der Waals surface area (Å²) in [5.74, 6) is 0. The first-order valence-corrected chi connectivity index (χ1v) is 4.69. The van der Waals surface area contributed by atoms with E-state index in [1.807, 2.05) is 0 Å². The number of hydrogen-bond donors (Lipinski definition) is 0. The standard InChI is InChI=1S/C8H13NS/c1-7(2)9-6-4-5-8(9)10-3/h4-7H,1-3H3. The van der Waals surface area contributed by atoms with Gasteiger partial charge in [-0.3, -0.25) is 0 Å². The Bertz CT molecular complexity index is 203. The minimum atomic E-state index is 0.581. The predicted octanol–water partition coefficient (Wildman–Crippen LogP) is 2.79. The van der Waals surface area contributed by atoms with Gasteiger partial charge in [-0.15, -0.1) is 11.8 Å². The quantitative estimate of drug-likeness (QED) is 0.594. The smallest absolute Gasteiger partial charge is 0.0747 e. The molecule has 0 N–H and O–H groups in total. The zero-order chi connectivity index (χ0) is 7.56. The van der Waals surface area contributed by atoms with E-state index in [0.717, 1.165) is 0 Å². The Balaban J connectivity index is 2.90. The first-order chi connectivity index (χ1) is 4.75. The van der Waals surface area contributed by atoms with Crippen molar-refractivity contribution in [2.24, 2.45) is 0 Å². The molecule has 2 heteroatoms. The molecule has 0 bridgehead atoms. The summed E-state index contributed by atoms with van der Waals surface area (Å²) in [5, 5.41) is 1.34. The third-order valence-electron chi connectivity index (χ3n) is 1.51. The van der Waals surface area contributed by atoms with Gasteiger partial charge in [0, 0.05) is 12.2 Å². The lowest BCUT2D eigenvalue weighted by Gasteiger charge is -2.10. The summed E-state index contributed by atoms with van der Waals surface area (Å²) in [6.07, 6.45) is 4.23. The largest absolute Gasteiger partial charge is 0.340 e. The highest BCUT2D eigenvalue weighted by molar-refractivity contribution is 7.98. The maximum atomic E-state index is 2.27. The molecule has 0 aliphatic rings. The molecule has 0 aromatic carbocycles. The normalized spacial score (nSPS) is 10.8. The summed E-state index contributed by atoms with van der Waals surface area (Å²) in [5.41, 5.74) is 0. The molecule has 0 spiro atoms. The van der Waals surface area contributed by atoms with Crippen molar-refractivity contribution in [2.75, 3.05) is 6.26 Å². The molecule has 0 saturated heterocycles. The molecule has 0 atom stereocenters. The van der Waals surface area contributed by atoms with Crippen LogP contribution in [0.4, 0.5) is 0 Å². The van der Waals surface area contributed by atoms with Gasteiger partial charge < -0.3 is 4.57 Å². The molecule has 10 heavy (non-hydrogen) atoms. The van der Waals surface area contributed by atoms with E-state index in [1.54, 1.807) is 11.8 Å². The van der Waals surface area contributed by atoms with Gasteiger partial charge in [-0.2, -0.15) is 0 Å². The summed E-state index contributed by atoms with van der Waals surface area (Å²) in [6, 6.07) is 4.81. The van der Waals surface area contributed by atoms with Crippen LogP contribution in [0.1, 0.15) is 19.9 Å². The molecule has 1 heterocycles. The summed E-state index contributed by atoms with van der Waals surface area (Å²) < 4.78 is 2.27. The minimum absolute atomic E-state index is 0.581. The van der Waals surface area contributed by atoms with Crippen molar-refractivity contribution in [3.8, 4) is 0 Å². The second-order valence-electron chi connectivity index (χ2n) is 2.55. The van der Waals surface area contributed by atoms with Crippen molar-refractivity contribution in [1.29, 1.82) is 0 Å². The average molecular weight is 155 g/mol. The van der Waals surface area contributed by atoms with Gasteiger partial charge in [0.05, 0.1) is 5.03 Å². The van der Waals surface area contributed by atoms with Crippen molar-refractivity contribution in [3.63, 3.8) is 0 Å². The van der Waals surface area contributed by atoms with Crippen molar-refractivity contribution in [2.45, 2.75) is 24.9 Å². The van der Waals surface area contributed by atoms with Crippen LogP contribution in [0, 0.1) is 0 Å². The van der Waals surface area contributed by atoms with Crippen LogP contribution < -0.4 is 0 Å². The highest BCUT2D eigenvalue weighted by Gasteiger charge is 2.00. The van der Waals surface area contributed by atoms with E-state index in [-0.39, 0.29) is 0 Å². The fourth-order valence-corrected chi connectivity index (χ4v) is 1.67. The van der Waals surface area contributed by atoms with Gasteiger partial charge in [-0.1, -0.05) is 0 Å². The van der Waals surface area contributed by atoms with Gasteiger partial charge in [-0.25, -0.2) is 0 Å². The molecule has 1 aromatic rings. The Morgan fingerprint density at radius 2 is 2.20 bits per heavy atom. The predicted molar refractivity (Wildman–Crippen MR) is 46.6 cm³/mol. The maximum absolute atomic E-state index is 2.27. The van der Waals surface area contributed by atoms with Crippen LogP contribution in [-0.2, 0) is 0 Å². The topological polar surface area (TPSA) is 4.93 Å². The second kappa shape index (κ2) is 3.15. The summed E-state index contributed by atoms with van der Waals surface area (Å²) in [7, 11) is 0. The first kappa shape index (κ1) is 7.73. The monoisotopic (exact) mass is 155 g/mol. The molecule has 0 amide bonds. The fraction of sp³-hybridized carbons (Fsp3) is 0.500. The molecule has 0 aliphatic heterocycles. The van der Waals surface area contributed by atoms with Crippen LogP contribution in [0.15, 0.2) is 23.4 Å². The van der Waals surface area contributed by atoms with Crippen LogP contribution in [0.5, 0.6) is 0 Å². The Hall–Kier alpha value is -0.370. The molecule has 0 fully saturated rings. The van der Waals surface area contributed by atoms with E-state index in [0.29, 0.717) is 6.04 Å². The lowest BCUT2D eigenvalue weighted by Crippen LogP contribution is -1.98. The number of nitrogens with zero attached hydrogens (tertiary/aromatic N) is 1. The number of thioether (sulfide) groups is 1. The Morgan fingerprint density at radius 3 is 2.60 bits per heavy atom. The van der Waals surface area contributed by atoms with Crippen LogP contribution in [-0.4, -0.2) is 10.8 Å².